The molecule has 0 spiro atoms. The highest BCUT2D eigenvalue weighted by Crippen LogP contribution is 2.27. The fraction of sp³-hybridized carbons (Fsp3) is 0.400. The molecule has 0 saturated heterocycles. The van der Waals surface area contributed by atoms with Gasteiger partial charge in [0, 0.05) is 18.2 Å². The van der Waals surface area contributed by atoms with E-state index in [2.05, 4.69) is 39.0 Å². The highest BCUT2D eigenvalue weighted by Gasteiger charge is 2.08. The molecular weight excluding hydrogens is 286 g/mol. The number of benzene rings is 2. The van der Waals surface area contributed by atoms with Crippen molar-refractivity contribution in [2.45, 2.75) is 40.0 Å². The van der Waals surface area contributed by atoms with Crippen LogP contribution >= 0.6 is 0 Å². The molecule has 0 aliphatic carbocycles. The molecule has 0 unspecified atom stereocenters. The molecule has 0 fully saturated rings. The Labute approximate surface area is 139 Å². The molecule has 3 heteroatoms. The zero-order valence-corrected chi connectivity index (χ0v) is 14.6. The molecule has 0 aliphatic heterocycles. The van der Waals surface area contributed by atoms with E-state index < -0.39 is 0 Å². The van der Waals surface area contributed by atoms with Crippen LogP contribution in [0.2, 0.25) is 0 Å². The summed E-state index contributed by atoms with van der Waals surface area (Å²) in [6.45, 7) is 9.74. The maximum Gasteiger partial charge on any atom is 0.124 e. The summed E-state index contributed by atoms with van der Waals surface area (Å²) in [4.78, 5) is 0. The monoisotopic (exact) mass is 313 g/mol. The first-order chi connectivity index (χ1) is 11.0. The summed E-state index contributed by atoms with van der Waals surface area (Å²) in [7, 11) is 0. The maximum atomic E-state index is 5.97. The summed E-state index contributed by atoms with van der Waals surface area (Å²) in [6, 6.07) is 12.1. The van der Waals surface area contributed by atoms with Crippen LogP contribution in [0.4, 0.5) is 5.69 Å². The van der Waals surface area contributed by atoms with Gasteiger partial charge in [0.15, 0.2) is 0 Å². The van der Waals surface area contributed by atoms with Crippen LogP contribution < -0.4 is 15.2 Å². The van der Waals surface area contributed by atoms with Gasteiger partial charge in [-0.05, 0) is 48.6 Å². The largest absolute Gasteiger partial charge is 0.493 e. The average Bonchev–Trinajstić information content (AvgIpc) is 2.50. The molecule has 2 N–H and O–H groups in total. The summed E-state index contributed by atoms with van der Waals surface area (Å²) in [5.74, 6) is 2.29. The van der Waals surface area contributed by atoms with E-state index in [9.17, 15) is 0 Å². The molecule has 0 radical (unpaired) electrons. The van der Waals surface area contributed by atoms with Gasteiger partial charge in [-0.2, -0.15) is 0 Å². The summed E-state index contributed by atoms with van der Waals surface area (Å²) in [6.07, 6.45) is 0.833. The van der Waals surface area contributed by atoms with E-state index in [-0.39, 0.29) is 0 Å². The molecule has 2 aromatic rings. The van der Waals surface area contributed by atoms with Crippen molar-refractivity contribution in [1.82, 2.24) is 0 Å². The number of ether oxygens (including phenoxy) is 2. The van der Waals surface area contributed by atoms with Gasteiger partial charge in [0.1, 0.15) is 11.5 Å². The quantitative estimate of drug-likeness (QED) is 0.586. The highest BCUT2D eigenvalue weighted by molar-refractivity contribution is 5.47. The van der Waals surface area contributed by atoms with E-state index in [4.69, 9.17) is 15.2 Å². The lowest BCUT2D eigenvalue weighted by atomic mass is 10.0. The minimum Gasteiger partial charge on any atom is -0.493 e. The number of hydrogen-bond donors (Lipinski definition) is 1. The van der Waals surface area contributed by atoms with Gasteiger partial charge in [-0.3, -0.25) is 0 Å². The topological polar surface area (TPSA) is 44.5 Å². The molecule has 23 heavy (non-hydrogen) atoms. The molecule has 2 rings (SSSR count). The molecule has 0 atom stereocenters. The van der Waals surface area contributed by atoms with Crippen LogP contribution in [-0.4, -0.2) is 13.2 Å². The third-order valence-electron chi connectivity index (χ3n) is 3.81. The zero-order chi connectivity index (χ0) is 16.8. The van der Waals surface area contributed by atoms with Gasteiger partial charge in [0.05, 0.1) is 13.2 Å². The van der Waals surface area contributed by atoms with Crippen molar-refractivity contribution in [1.29, 1.82) is 0 Å². The molecule has 0 bridgehead atoms. The van der Waals surface area contributed by atoms with Crippen LogP contribution in [0, 0.1) is 13.8 Å². The standard InChI is InChI=1S/C20H27NO2/c1-14(2)18-9-6-15(3)12-20(18)23-11-5-10-22-19-13-17(21)8-7-16(19)4/h6-9,12-14H,5,10-11,21H2,1-4H3. The van der Waals surface area contributed by atoms with Crippen molar-refractivity contribution in [2.24, 2.45) is 0 Å². The molecule has 0 aromatic heterocycles. The number of nitrogen functional groups attached to an aromatic ring is 1. The number of anilines is 1. The van der Waals surface area contributed by atoms with Crippen molar-refractivity contribution >= 4 is 5.69 Å². The average molecular weight is 313 g/mol. The Hall–Kier alpha value is -2.16. The molecule has 0 amide bonds. The Morgan fingerprint density at radius 3 is 2.30 bits per heavy atom. The molecule has 0 heterocycles. The smallest absolute Gasteiger partial charge is 0.124 e. The van der Waals surface area contributed by atoms with Crippen LogP contribution in [-0.2, 0) is 0 Å². The lowest BCUT2D eigenvalue weighted by Gasteiger charge is -2.15. The van der Waals surface area contributed by atoms with E-state index in [0.29, 0.717) is 19.1 Å². The molecule has 124 valence electrons. The first kappa shape index (κ1) is 17.2. The highest BCUT2D eigenvalue weighted by atomic mass is 16.5. The Morgan fingerprint density at radius 2 is 1.61 bits per heavy atom. The van der Waals surface area contributed by atoms with E-state index >= 15 is 0 Å². The molecule has 0 saturated carbocycles. The van der Waals surface area contributed by atoms with E-state index in [0.717, 1.165) is 29.2 Å². The van der Waals surface area contributed by atoms with Crippen molar-refractivity contribution < 1.29 is 9.47 Å². The predicted octanol–water partition coefficient (Wildman–Crippen LogP) is 4.86. The van der Waals surface area contributed by atoms with Gasteiger partial charge in [-0.25, -0.2) is 0 Å². The van der Waals surface area contributed by atoms with E-state index in [1.54, 1.807) is 0 Å². The third-order valence-corrected chi connectivity index (χ3v) is 3.81. The summed E-state index contributed by atoms with van der Waals surface area (Å²) >= 11 is 0. The molecule has 3 nitrogen and oxygen atoms in total. The Balaban J connectivity index is 1.84. The van der Waals surface area contributed by atoms with Gasteiger partial charge in [-0.15, -0.1) is 0 Å². The van der Waals surface area contributed by atoms with Crippen molar-refractivity contribution in [2.75, 3.05) is 18.9 Å². The zero-order valence-electron chi connectivity index (χ0n) is 14.6. The second-order valence-electron chi connectivity index (χ2n) is 6.27. The van der Waals surface area contributed by atoms with Gasteiger partial charge in [-0.1, -0.05) is 32.0 Å². The lowest BCUT2D eigenvalue weighted by Crippen LogP contribution is -2.07. The summed E-state index contributed by atoms with van der Waals surface area (Å²) in [5, 5.41) is 0. The minimum atomic E-state index is 0.455. The summed E-state index contributed by atoms with van der Waals surface area (Å²) < 4.78 is 11.8. The van der Waals surface area contributed by atoms with Crippen molar-refractivity contribution in [3.8, 4) is 11.5 Å². The lowest BCUT2D eigenvalue weighted by molar-refractivity contribution is 0.245. The van der Waals surface area contributed by atoms with Crippen LogP contribution in [0.5, 0.6) is 11.5 Å². The number of nitrogens with two attached hydrogens (primary N) is 1. The van der Waals surface area contributed by atoms with Gasteiger partial charge in [0.2, 0.25) is 0 Å². The number of aryl methyl sites for hydroxylation is 2. The van der Waals surface area contributed by atoms with Crippen LogP contribution in [0.1, 0.15) is 42.9 Å². The fourth-order valence-electron chi connectivity index (χ4n) is 2.44. The second kappa shape index (κ2) is 7.91. The van der Waals surface area contributed by atoms with Crippen molar-refractivity contribution in [3.63, 3.8) is 0 Å². The molecule has 0 aliphatic rings. The SMILES string of the molecule is Cc1ccc(C(C)C)c(OCCCOc2cc(N)ccc2C)c1. The fourth-order valence-corrected chi connectivity index (χ4v) is 2.44. The molecule has 2 aromatic carbocycles. The van der Waals surface area contributed by atoms with Crippen LogP contribution in [0.15, 0.2) is 36.4 Å². The van der Waals surface area contributed by atoms with Gasteiger partial charge < -0.3 is 15.2 Å². The first-order valence-electron chi connectivity index (χ1n) is 8.19. The van der Waals surface area contributed by atoms with E-state index in [1.807, 2.05) is 25.1 Å². The molecular formula is C20H27NO2. The predicted molar refractivity (Wildman–Crippen MR) is 96.5 cm³/mol. The number of rotatable bonds is 7. The third kappa shape index (κ3) is 4.92. The van der Waals surface area contributed by atoms with Gasteiger partial charge >= 0.3 is 0 Å². The maximum absolute atomic E-state index is 5.97. The minimum absolute atomic E-state index is 0.455. The Kier molecular flexibility index (Phi) is 5.91. The second-order valence-corrected chi connectivity index (χ2v) is 6.27. The Morgan fingerprint density at radius 1 is 0.913 bits per heavy atom. The van der Waals surface area contributed by atoms with Crippen LogP contribution in [0.3, 0.4) is 0 Å². The normalized spacial score (nSPS) is 10.8. The summed E-state index contributed by atoms with van der Waals surface area (Å²) in [5.41, 5.74) is 10.1. The van der Waals surface area contributed by atoms with Crippen LogP contribution in [0.25, 0.3) is 0 Å². The van der Waals surface area contributed by atoms with Crippen molar-refractivity contribution in [3.05, 3.63) is 53.1 Å². The number of hydrogen-bond acceptors (Lipinski definition) is 3. The first-order valence-corrected chi connectivity index (χ1v) is 8.19. The van der Waals surface area contributed by atoms with Gasteiger partial charge in [0.25, 0.3) is 0 Å². The van der Waals surface area contributed by atoms with E-state index in [1.165, 1.54) is 11.1 Å². The Bertz CT molecular complexity index is 650.